The number of aromatic nitrogens is 3. The van der Waals surface area contributed by atoms with Crippen LogP contribution in [0.2, 0.25) is 0 Å². The Morgan fingerprint density at radius 1 is 1.38 bits per heavy atom. The summed E-state index contributed by atoms with van der Waals surface area (Å²) in [5, 5.41) is 12.9. The molecule has 1 aliphatic rings. The van der Waals surface area contributed by atoms with Crippen molar-refractivity contribution < 1.29 is 19.0 Å². The molecule has 0 aromatic carbocycles. The van der Waals surface area contributed by atoms with E-state index < -0.39 is 24.1 Å². The van der Waals surface area contributed by atoms with E-state index in [2.05, 4.69) is 36.2 Å². The summed E-state index contributed by atoms with van der Waals surface area (Å²) >= 11 is 3.27. The van der Waals surface area contributed by atoms with Gasteiger partial charge in [-0.15, -0.1) is 0 Å². The summed E-state index contributed by atoms with van der Waals surface area (Å²) in [5.74, 6) is -0.879. The van der Waals surface area contributed by atoms with Crippen LogP contribution in [0.15, 0.2) is 29.1 Å². The number of nitrogens with one attached hydrogen (secondary N) is 1. The lowest BCUT2D eigenvalue weighted by molar-refractivity contribution is 0.142. The van der Waals surface area contributed by atoms with E-state index in [1.54, 1.807) is 12.3 Å². The van der Waals surface area contributed by atoms with Gasteiger partial charge in [0.25, 0.3) is 0 Å². The second-order valence-electron chi connectivity index (χ2n) is 5.90. The number of carbonyl (C=O) groups is 1. The van der Waals surface area contributed by atoms with Crippen molar-refractivity contribution in [2.45, 2.75) is 32.0 Å². The summed E-state index contributed by atoms with van der Waals surface area (Å²) in [5.41, 5.74) is 0.880. The molecular formula is C16H17BrFN5O3. The SMILES string of the molecule is C[C@H](Nc1ncc(F)c(N2C(=O)OCC2[C@@H](C)O)n1)c1ccc(Br)nc1. The van der Waals surface area contributed by atoms with Crippen LogP contribution < -0.4 is 10.2 Å². The first-order valence-corrected chi connectivity index (χ1v) is 8.70. The van der Waals surface area contributed by atoms with E-state index in [-0.39, 0.29) is 24.4 Å². The van der Waals surface area contributed by atoms with Gasteiger partial charge in [-0.2, -0.15) is 4.98 Å². The highest BCUT2D eigenvalue weighted by Crippen LogP contribution is 2.27. The van der Waals surface area contributed by atoms with Crippen LogP contribution in [0.25, 0.3) is 0 Å². The average Bonchev–Trinajstić information content (AvgIpc) is 2.99. The van der Waals surface area contributed by atoms with Gasteiger partial charge in [-0.25, -0.2) is 24.1 Å². The molecule has 26 heavy (non-hydrogen) atoms. The molecule has 8 nitrogen and oxygen atoms in total. The van der Waals surface area contributed by atoms with Crippen molar-refractivity contribution in [1.82, 2.24) is 15.0 Å². The maximum Gasteiger partial charge on any atom is 0.416 e. The standard InChI is InChI=1S/C16H17BrFN5O3/c1-8(10-3-4-13(17)19-5-10)21-15-20-6-11(18)14(22-15)23-12(9(2)24)7-26-16(23)25/h3-6,8-9,12,24H,7H2,1-2H3,(H,20,21,22)/t8-,9+,12?/m0/s1. The van der Waals surface area contributed by atoms with Crippen molar-refractivity contribution >= 4 is 33.8 Å². The number of halogens is 2. The van der Waals surface area contributed by atoms with E-state index in [9.17, 15) is 14.3 Å². The molecular weight excluding hydrogens is 409 g/mol. The third kappa shape index (κ3) is 3.75. The zero-order chi connectivity index (χ0) is 18.8. The van der Waals surface area contributed by atoms with Gasteiger partial charge in [0.05, 0.1) is 18.3 Å². The maximum atomic E-state index is 14.2. The number of anilines is 2. The largest absolute Gasteiger partial charge is 0.447 e. The number of ether oxygens (including phenoxy) is 1. The van der Waals surface area contributed by atoms with Crippen LogP contribution in [0.3, 0.4) is 0 Å². The van der Waals surface area contributed by atoms with Crippen LogP contribution in [0, 0.1) is 5.82 Å². The fourth-order valence-electron chi connectivity index (χ4n) is 2.55. The topological polar surface area (TPSA) is 100 Å². The number of carbonyl (C=O) groups excluding carboxylic acids is 1. The Morgan fingerprint density at radius 2 is 2.15 bits per heavy atom. The molecule has 3 rings (SSSR count). The molecule has 1 saturated heterocycles. The molecule has 2 N–H and O–H groups in total. The number of amides is 1. The highest BCUT2D eigenvalue weighted by atomic mass is 79.9. The number of pyridine rings is 1. The van der Waals surface area contributed by atoms with Crippen molar-refractivity contribution in [2.75, 3.05) is 16.8 Å². The van der Waals surface area contributed by atoms with Crippen LogP contribution in [0.5, 0.6) is 0 Å². The van der Waals surface area contributed by atoms with Gasteiger partial charge in [-0.1, -0.05) is 6.07 Å². The van der Waals surface area contributed by atoms with Gasteiger partial charge in [0.15, 0.2) is 11.6 Å². The Morgan fingerprint density at radius 3 is 2.81 bits per heavy atom. The lowest BCUT2D eigenvalue weighted by Crippen LogP contribution is -2.42. The minimum Gasteiger partial charge on any atom is -0.447 e. The second-order valence-corrected chi connectivity index (χ2v) is 6.71. The van der Waals surface area contributed by atoms with Crippen molar-refractivity contribution in [1.29, 1.82) is 0 Å². The highest BCUT2D eigenvalue weighted by Gasteiger charge is 2.39. The molecule has 2 aromatic heterocycles. The average molecular weight is 426 g/mol. The summed E-state index contributed by atoms with van der Waals surface area (Å²) in [4.78, 5) is 25.2. The second kappa shape index (κ2) is 7.50. The molecule has 3 atom stereocenters. The molecule has 1 unspecified atom stereocenters. The third-order valence-electron chi connectivity index (χ3n) is 4.01. The lowest BCUT2D eigenvalue weighted by atomic mass is 10.1. The zero-order valence-electron chi connectivity index (χ0n) is 14.1. The monoisotopic (exact) mass is 425 g/mol. The summed E-state index contributed by atoms with van der Waals surface area (Å²) in [6.07, 6.45) is 1.000. The van der Waals surface area contributed by atoms with Gasteiger partial charge < -0.3 is 15.2 Å². The first-order valence-electron chi connectivity index (χ1n) is 7.91. The van der Waals surface area contributed by atoms with E-state index in [1.165, 1.54) is 6.92 Å². The number of nitrogens with zero attached hydrogens (tertiary/aromatic N) is 4. The van der Waals surface area contributed by atoms with Crippen LogP contribution >= 0.6 is 15.9 Å². The molecule has 3 heterocycles. The van der Waals surface area contributed by atoms with Gasteiger partial charge in [0.2, 0.25) is 5.95 Å². The normalized spacial score (nSPS) is 19.2. The Bertz CT molecular complexity index is 805. The fourth-order valence-corrected chi connectivity index (χ4v) is 2.79. The Balaban J connectivity index is 1.85. The van der Waals surface area contributed by atoms with Crippen LogP contribution in [0.1, 0.15) is 25.5 Å². The number of aliphatic hydroxyl groups excluding tert-OH is 1. The van der Waals surface area contributed by atoms with Crippen LogP contribution in [0.4, 0.5) is 21.0 Å². The maximum absolute atomic E-state index is 14.2. The van der Waals surface area contributed by atoms with Gasteiger partial charge in [0.1, 0.15) is 17.3 Å². The van der Waals surface area contributed by atoms with E-state index >= 15 is 0 Å². The molecule has 0 bridgehead atoms. The number of aliphatic hydroxyl groups is 1. The summed E-state index contributed by atoms with van der Waals surface area (Å²) in [6.45, 7) is 3.34. The van der Waals surface area contributed by atoms with Crippen LogP contribution in [-0.4, -0.2) is 44.9 Å². The highest BCUT2D eigenvalue weighted by molar-refractivity contribution is 9.10. The van der Waals surface area contributed by atoms with E-state index in [0.29, 0.717) is 4.60 Å². The lowest BCUT2D eigenvalue weighted by Gasteiger charge is -2.23. The van der Waals surface area contributed by atoms with Crippen molar-refractivity contribution in [3.05, 3.63) is 40.5 Å². The number of hydrogen-bond acceptors (Lipinski definition) is 7. The molecule has 1 amide bonds. The van der Waals surface area contributed by atoms with Gasteiger partial charge in [0, 0.05) is 6.20 Å². The first kappa shape index (κ1) is 18.5. The van der Waals surface area contributed by atoms with Crippen molar-refractivity contribution in [2.24, 2.45) is 0 Å². The summed E-state index contributed by atoms with van der Waals surface area (Å²) in [7, 11) is 0. The van der Waals surface area contributed by atoms with Crippen LogP contribution in [-0.2, 0) is 4.74 Å². The first-order chi connectivity index (χ1) is 12.4. The smallest absolute Gasteiger partial charge is 0.416 e. The molecule has 1 aliphatic heterocycles. The molecule has 0 saturated carbocycles. The zero-order valence-corrected chi connectivity index (χ0v) is 15.6. The molecule has 138 valence electrons. The predicted molar refractivity (Wildman–Crippen MR) is 95.3 cm³/mol. The van der Waals surface area contributed by atoms with Crippen molar-refractivity contribution in [3.63, 3.8) is 0 Å². The molecule has 0 aliphatic carbocycles. The summed E-state index contributed by atoms with van der Waals surface area (Å²) < 4.78 is 19.9. The van der Waals surface area contributed by atoms with Crippen molar-refractivity contribution in [3.8, 4) is 0 Å². The van der Waals surface area contributed by atoms with E-state index in [0.717, 1.165) is 16.7 Å². The van der Waals surface area contributed by atoms with Gasteiger partial charge >= 0.3 is 6.09 Å². The molecule has 0 radical (unpaired) electrons. The number of hydrogen-bond donors (Lipinski definition) is 2. The minimum atomic E-state index is -0.903. The summed E-state index contributed by atoms with van der Waals surface area (Å²) in [6, 6.07) is 2.76. The quantitative estimate of drug-likeness (QED) is 0.709. The Labute approximate surface area is 157 Å². The minimum absolute atomic E-state index is 0.0380. The van der Waals surface area contributed by atoms with E-state index in [1.807, 2.05) is 13.0 Å². The molecule has 2 aromatic rings. The molecule has 10 heteroatoms. The van der Waals surface area contributed by atoms with Gasteiger partial charge in [-0.3, -0.25) is 0 Å². The van der Waals surface area contributed by atoms with E-state index in [4.69, 9.17) is 4.74 Å². The third-order valence-corrected chi connectivity index (χ3v) is 4.48. The number of cyclic esters (lactones) is 1. The van der Waals surface area contributed by atoms with Gasteiger partial charge in [-0.05, 0) is 41.4 Å². The Hall–Kier alpha value is -2.33. The number of rotatable bonds is 5. The molecule has 1 fully saturated rings. The predicted octanol–water partition coefficient (Wildman–Crippen LogP) is 2.65. The molecule has 0 spiro atoms. The Kier molecular flexibility index (Phi) is 5.33. The fraction of sp³-hybridized carbons (Fsp3) is 0.375.